The number of nitrogens with zero attached hydrogens (tertiary/aromatic N) is 2. The van der Waals surface area contributed by atoms with E-state index in [1.165, 1.54) is 18.6 Å². The highest BCUT2D eigenvalue weighted by Crippen LogP contribution is 2.23. The molecule has 0 aliphatic carbocycles. The Morgan fingerprint density at radius 2 is 2.10 bits per heavy atom. The van der Waals surface area contributed by atoms with Crippen molar-refractivity contribution >= 4 is 34.7 Å². The summed E-state index contributed by atoms with van der Waals surface area (Å²) >= 11 is 2.16. The first-order valence-electron chi connectivity index (χ1n) is 5.80. The lowest BCUT2D eigenvalue weighted by Crippen LogP contribution is -2.17. The van der Waals surface area contributed by atoms with Crippen molar-refractivity contribution in [2.75, 3.05) is 0 Å². The Kier molecular flexibility index (Phi) is 4.67. The average Bonchev–Trinajstić information content (AvgIpc) is 2.44. The van der Waals surface area contributed by atoms with Crippen LogP contribution in [0.1, 0.15) is 21.5 Å². The number of phenols is 1. The molecule has 0 spiro atoms. The number of rotatable bonds is 3. The third kappa shape index (κ3) is 3.53. The molecule has 2 N–H and O–H groups in total. The van der Waals surface area contributed by atoms with E-state index in [9.17, 15) is 9.90 Å². The van der Waals surface area contributed by atoms with Crippen LogP contribution >= 0.6 is 22.6 Å². The number of hydrogen-bond acceptors (Lipinski definition) is 4. The molecule has 0 fully saturated rings. The second-order valence-electron chi connectivity index (χ2n) is 4.10. The Morgan fingerprint density at radius 3 is 2.80 bits per heavy atom. The summed E-state index contributed by atoms with van der Waals surface area (Å²) in [6.45, 7) is 1.81. The molecule has 1 aromatic carbocycles. The van der Waals surface area contributed by atoms with Gasteiger partial charge in [-0.15, -0.1) is 0 Å². The molecule has 1 amide bonds. The number of amides is 1. The Hall–Kier alpha value is -1.96. The largest absolute Gasteiger partial charge is 0.507 e. The van der Waals surface area contributed by atoms with Crippen molar-refractivity contribution in [1.82, 2.24) is 10.4 Å². The summed E-state index contributed by atoms with van der Waals surface area (Å²) in [4.78, 5) is 15.6. The van der Waals surface area contributed by atoms with Gasteiger partial charge in [0.1, 0.15) is 5.75 Å². The molecule has 1 heterocycles. The molecular weight excluding hydrogens is 369 g/mol. The van der Waals surface area contributed by atoms with E-state index in [0.29, 0.717) is 11.1 Å². The van der Waals surface area contributed by atoms with Crippen molar-refractivity contribution in [2.24, 2.45) is 5.10 Å². The molecule has 0 radical (unpaired) electrons. The standard InChI is InChI=1S/C14H12IN3O2/c1-9-6-12(15)7-11(13(9)19)8-17-18-14(20)10-2-4-16-5-3-10/h2-8,19H,1H3,(H,18,20)/b17-8+. The third-order valence-electron chi connectivity index (χ3n) is 2.61. The molecule has 20 heavy (non-hydrogen) atoms. The summed E-state index contributed by atoms with van der Waals surface area (Å²) in [5.41, 5.74) is 4.20. The van der Waals surface area contributed by atoms with Gasteiger partial charge < -0.3 is 5.11 Å². The number of hydrogen-bond donors (Lipinski definition) is 2. The predicted molar refractivity (Wildman–Crippen MR) is 84.9 cm³/mol. The lowest BCUT2D eigenvalue weighted by atomic mass is 10.1. The molecule has 2 aromatic rings. The maximum atomic E-state index is 11.7. The minimum Gasteiger partial charge on any atom is -0.507 e. The van der Waals surface area contributed by atoms with Gasteiger partial charge in [-0.05, 0) is 59.3 Å². The highest BCUT2D eigenvalue weighted by Gasteiger charge is 2.05. The van der Waals surface area contributed by atoms with Crippen molar-refractivity contribution in [3.63, 3.8) is 0 Å². The highest BCUT2D eigenvalue weighted by molar-refractivity contribution is 14.1. The molecule has 1 aromatic heterocycles. The van der Waals surface area contributed by atoms with Gasteiger partial charge in [-0.25, -0.2) is 5.43 Å². The van der Waals surface area contributed by atoms with E-state index in [1.54, 1.807) is 18.2 Å². The van der Waals surface area contributed by atoms with Crippen molar-refractivity contribution in [1.29, 1.82) is 0 Å². The molecular formula is C14H12IN3O2. The number of nitrogens with one attached hydrogen (secondary N) is 1. The van der Waals surface area contributed by atoms with Crippen LogP contribution in [0.4, 0.5) is 0 Å². The summed E-state index contributed by atoms with van der Waals surface area (Å²) in [7, 11) is 0. The Labute approximate surface area is 129 Å². The Morgan fingerprint density at radius 1 is 1.40 bits per heavy atom. The molecule has 0 aliphatic heterocycles. The van der Waals surface area contributed by atoms with Gasteiger partial charge in [0.05, 0.1) is 6.21 Å². The predicted octanol–water partition coefficient (Wildman–Crippen LogP) is 2.46. The topological polar surface area (TPSA) is 74.6 Å². The zero-order chi connectivity index (χ0) is 14.5. The van der Waals surface area contributed by atoms with Gasteiger partial charge in [0.15, 0.2) is 0 Å². The summed E-state index contributed by atoms with van der Waals surface area (Å²) in [6.07, 6.45) is 4.49. The smallest absolute Gasteiger partial charge is 0.271 e. The van der Waals surface area contributed by atoms with Crippen LogP contribution in [0.25, 0.3) is 0 Å². The number of aryl methyl sites for hydroxylation is 1. The molecule has 5 nitrogen and oxygen atoms in total. The second kappa shape index (κ2) is 6.47. The van der Waals surface area contributed by atoms with Crippen molar-refractivity contribution in [3.05, 3.63) is 56.9 Å². The minimum atomic E-state index is -0.328. The molecule has 0 aliphatic rings. The number of phenolic OH excluding ortho intramolecular Hbond substituents is 1. The van der Waals surface area contributed by atoms with Crippen LogP contribution in [0, 0.1) is 10.5 Å². The quantitative estimate of drug-likeness (QED) is 0.487. The van der Waals surface area contributed by atoms with E-state index in [2.05, 4.69) is 38.1 Å². The fraction of sp³-hybridized carbons (Fsp3) is 0.0714. The maximum absolute atomic E-state index is 11.7. The van der Waals surface area contributed by atoms with E-state index in [0.717, 1.165) is 9.13 Å². The van der Waals surface area contributed by atoms with Crippen LogP contribution in [-0.2, 0) is 0 Å². The van der Waals surface area contributed by atoms with Gasteiger partial charge in [-0.3, -0.25) is 9.78 Å². The number of aromatic nitrogens is 1. The summed E-state index contributed by atoms with van der Waals surface area (Å²) in [5, 5.41) is 13.7. The lowest BCUT2D eigenvalue weighted by molar-refractivity contribution is 0.0955. The van der Waals surface area contributed by atoms with E-state index < -0.39 is 0 Å². The van der Waals surface area contributed by atoms with Crippen molar-refractivity contribution < 1.29 is 9.90 Å². The van der Waals surface area contributed by atoms with Crippen LogP contribution in [0.15, 0.2) is 41.8 Å². The van der Waals surface area contributed by atoms with E-state index in [4.69, 9.17) is 0 Å². The van der Waals surface area contributed by atoms with Crippen molar-refractivity contribution in [2.45, 2.75) is 6.92 Å². The number of halogens is 1. The maximum Gasteiger partial charge on any atom is 0.271 e. The molecule has 102 valence electrons. The fourth-order valence-corrected chi connectivity index (χ4v) is 2.39. The normalized spacial score (nSPS) is 10.7. The van der Waals surface area contributed by atoms with Crippen LogP contribution in [0.3, 0.4) is 0 Å². The van der Waals surface area contributed by atoms with Gasteiger partial charge in [-0.2, -0.15) is 5.10 Å². The zero-order valence-electron chi connectivity index (χ0n) is 10.7. The van der Waals surface area contributed by atoms with Gasteiger partial charge in [0.2, 0.25) is 0 Å². The molecule has 0 saturated carbocycles. The van der Waals surface area contributed by atoms with E-state index in [1.807, 2.05) is 13.0 Å². The number of carbonyl (C=O) groups excluding carboxylic acids is 1. The highest BCUT2D eigenvalue weighted by atomic mass is 127. The first kappa shape index (κ1) is 14.4. The number of hydrazone groups is 1. The minimum absolute atomic E-state index is 0.160. The van der Waals surface area contributed by atoms with Gasteiger partial charge >= 0.3 is 0 Å². The molecule has 0 unspecified atom stereocenters. The lowest BCUT2D eigenvalue weighted by Gasteiger charge is -2.04. The third-order valence-corrected chi connectivity index (χ3v) is 3.23. The average molecular weight is 381 g/mol. The van der Waals surface area contributed by atoms with E-state index in [-0.39, 0.29) is 11.7 Å². The van der Waals surface area contributed by atoms with E-state index >= 15 is 0 Å². The summed E-state index contributed by atoms with van der Waals surface area (Å²) in [5.74, 6) is -0.169. The zero-order valence-corrected chi connectivity index (χ0v) is 12.8. The van der Waals surface area contributed by atoms with Gasteiger partial charge in [0, 0.05) is 27.1 Å². The monoisotopic (exact) mass is 381 g/mol. The van der Waals surface area contributed by atoms with Gasteiger partial charge in [0.25, 0.3) is 5.91 Å². The summed E-state index contributed by atoms with van der Waals surface area (Å²) < 4.78 is 0.986. The first-order valence-corrected chi connectivity index (χ1v) is 6.88. The first-order chi connectivity index (χ1) is 9.58. The number of carbonyl (C=O) groups is 1. The number of pyridine rings is 1. The van der Waals surface area contributed by atoms with Crippen LogP contribution in [0.2, 0.25) is 0 Å². The SMILES string of the molecule is Cc1cc(I)cc(/C=N/NC(=O)c2ccncc2)c1O. The van der Waals surface area contributed by atoms with Crippen molar-refractivity contribution in [3.8, 4) is 5.75 Å². The summed E-state index contributed by atoms with van der Waals surface area (Å²) in [6, 6.07) is 6.84. The molecule has 6 heteroatoms. The molecule has 2 rings (SSSR count). The van der Waals surface area contributed by atoms with Crippen LogP contribution < -0.4 is 5.43 Å². The number of aromatic hydroxyl groups is 1. The van der Waals surface area contributed by atoms with Gasteiger partial charge in [-0.1, -0.05) is 0 Å². The Bertz CT molecular complexity index is 657. The van der Waals surface area contributed by atoms with Crippen LogP contribution in [-0.4, -0.2) is 22.2 Å². The molecule has 0 atom stereocenters. The molecule has 0 bridgehead atoms. The molecule has 0 saturated heterocycles. The Balaban J connectivity index is 2.10. The fourth-order valence-electron chi connectivity index (χ4n) is 1.59. The second-order valence-corrected chi connectivity index (χ2v) is 5.34. The number of benzene rings is 1. The van der Waals surface area contributed by atoms with Crippen LogP contribution in [0.5, 0.6) is 5.75 Å².